The third-order valence-corrected chi connectivity index (χ3v) is 2.96. The fourth-order valence-electron chi connectivity index (χ4n) is 1.92. The SMILES string of the molecule is C#CCNC(=NCc1cccc(COCCOCC)c1)NCC.I. The number of nitrogens with zero attached hydrogens (tertiary/aromatic N) is 1. The molecule has 0 fully saturated rings. The van der Waals surface area contributed by atoms with Crippen molar-refractivity contribution < 1.29 is 9.47 Å². The summed E-state index contributed by atoms with van der Waals surface area (Å²) in [4.78, 5) is 4.52. The minimum absolute atomic E-state index is 0. The summed E-state index contributed by atoms with van der Waals surface area (Å²) >= 11 is 0. The summed E-state index contributed by atoms with van der Waals surface area (Å²) in [5.41, 5.74) is 2.27. The third-order valence-electron chi connectivity index (χ3n) is 2.96. The fraction of sp³-hybridized carbons (Fsp3) is 0.500. The Kier molecular flexibility index (Phi) is 14.4. The molecular weight excluding hydrogens is 417 g/mol. The standard InChI is InChI=1S/C18H27N3O2.HI/c1-4-10-20-18(19-5-2)21-14-16-8-7-9-17(13-16)15-23-12-11-22-6-3;/h1,7-9,13H,5-6,10-12,14-15H2,2-3H3,(H2,19,20,21);1H. The topological polar surface area (TPSA) is 54.9 Å². The highest BCUT2D eigenvalue weighted by Crippen LogP contribution is 2.08. The van der Waals surface area contributed by atoms with Crippen LogP contribution in [0.4, 0.5) is 0 Å². The average Bonchev–Trinajstić information content (AvgIpc) is 2.57. The minimum atomic E-state index is 0. The summed E-state index contributed by atoms with van der Waals surface area (Å²) in [6.07, 6.45) is 5.26. The van der Waals surface area contributed by atoms with E-state index in [4.69, 9.17) is 15.9 Å². The first-order valence-corrected chi connectivity index (χ1v) is 7.99. The molecule has 0 amide bonds. The molecule has 1 aromatic rings. The van der Waals surface area contributed by atoms with E-state index in [9.17, 15) is 0 Å². The van der Waals surface area contributed by atoms with Crippen LogP contribution in [0.25, 0.3) is 0 Å². The minimum Gasteiger partial charge on any atom is -0.379 e. The predicted molar refractivity (Wildman–Crippen MR) is 110 cm³/mol. The molecule has 2 N–H and O–H groups in total. The molecule has 0 unspecified atom stereocenters. The lowest BCUT2D eigenvalue weighted by atomic mass is 10.1. The van der Waals surface area contributed by atoms with Crippen LogP contribution < -0.4 is 10.6 Å². The largest absolute Gasteiger partial charge is 0.379 e. The van der Waals surface area contributed by atoms with Gasteiger partial charge >= 0.3 is 0 Å². The van der Waals surface area contributed by atoms with E-state index in [1.54, 1.807) is 0 Å². The maximum Gasteiger partial charge on any atom is 0.192 e. The van der Waals surface area contributed by atoms with Crippen molar-refractivity contribution in [1.82, 2.24) is 10.6 Å². The first kappa shape index (κ1) is 22.7. The Morgan fingerprint density at radius 1 is 1.17 bits per heavy atom. The predicted octanol–water partition coefficient (Wildman–Crippen LogP) is 2.55. The number of guanidine groups is 1. The molecular formula is C18H28IN3O2. The molecule has 0 spiro atoms. The summed E-state index contributed by atoms with van der Waals surface area (Å²) in [6, 6.07) is 8.23. The first-order valence-electron chi connectivity index (χ1n) is 7.99. The highest BCUT2D eigenvalue weighted by molar-refractivity contribution is 14.0. The molecule has 1 aromatic carbocycles. The summed E-state index contributed by atoms with van der Waals surface area (Å²) in [7, 11) is 0. The molecule has 0 atom stereocenters. The molecule has 24 heavy (non-hydrogen) atoms. The Bertz CT molecular complexity index is 515. The molecule has 0 aliphatic heterocycles. The number of benzene rings is 1. The first-order chi connectivity index (χ1) is 11.3. The second kappa shape index (κ2) is 15.2. The molecule has 0 heterocycles. The van der Waals surface area contributed by atoms with E-state index in [1.807, 2.05) is 19.9 Å². The zero-order valence-electron chi connectivity index (χ0n) is 14.5. The number of hydrogen-bond acceptors (Lipinski definition) is 3. The van der Waals surface area contributed by atoms with Gasteiger partial charge in [-0.05, 0) is 25.0 Å². The van der Waals surface area contributed by atoms with Gasteiger partial charge in [-0.25, -0.2) is 4.99 Å². The number of ether oxygens (including phenoxy) is 2. The maximum atomic E-state index is 5.59. The van der Waals surface area contributed by atoms with Crippen LogP contribution in [0.2, 0.25) is 0 Å². The van der Waals surface area contributed by atoms with Gasteiger partial charge < -0.3 is 20.1 Å². The summed E-state index contributed by atoms with van der Waals surface area (Å²) in [6.45, 7) is 8.39. The molecule has 0 saturated heterocycles. The zero-order chi connectivity index (χ0) is 16.8. The molecule has 0 bridgehead atoms. The van der Waals surface area contributed by atoms with Crippen LogP contribution in [0, 0.1) is 12.3 Å². The molecule has 5 nitrogen and oxygen atoms in total. The van der Waals surface area contributed by atoms with Crippen molar-refractivity contribution in [2.45, 2.75) is 27.0 Å². The Labute approximate surface area is 162 Å². The van der Waals surface area contributed by atoms with Crippen molar-refractivity contribution in [3.63, 3.8) is 0 Å². The number of halogens is 1. The van der Waals surface area contributed by atoms with Crippen LogP contribution in [0.3, 0.4) is 0 Å². The third kappa shape index (κ3) is 10.5. The molecule has 1 rings (SSSR count). The van der Waals surface area contributed by atoms with Crippen LogP contribution in [0.5, 0.6) is 0 Å². The second-order valence-electron chi connectivity index (χ2n) is 4.82. The van der Waals surface area contributed by atoms with E-state index in [2.05, 4.69) is 39.7 Å². The number of nitrogens with one attached hydrogen (secondary N) is 2. The summed E-state index contributed by atoms with van der Waals surface area (Å²) in [5.74, 6) is 3.27. The molecule has 0 aliphatic rings. The van der Waals surface area contributed by atoms with Crippen LogP contribution in [0.1, 0.15) is 25.0 Å². The maximum absolute atomic E-state index is 5.59. The Morgan fingerprint density at radius 3 is 2.62 bits per heavy atom. The Balaban J connectivity index is 0.00000529. The Hall–Kier alpha value is -1.30. The molecule has 0 aromatic heterocycles. The van der Waals surface area contributed by atoms with Gasteiger partial charge in [0.25, 0.3) is 0 Å². The van der Waals surface area contributed by atoms with Crippen molar-refractivity contribution >= 4 is 29.9 Å². The highest BCUT2D eigenvalue weighted by Gasteiger charge is 1.99. The zero-order valence-corrected chi connectivity index (χ0v) is 16.8. The number of aliphatic imine (C=N–C) groups is 1. The smallest absolute Gasteiger partial charge is 0.192 e. The summed E-state index contributed by atoms with van der Waals surface area (Å²) < 4.78 is 10.8. The van der Waals surface area contributed by atoms with Gasteiger partial charge in [0.05, 0.1) is 32.9 Å². The normalized spacial score (nSPS) is 10.6. The Morgan fingerprint density at radius 2 is 1.92 bits per heavy atom. The monoisotopic (exact) mass is 445 g/mol. The quantitative estimate of drug-likeness (QED) is 0.191. The lowest BCUT2D eigenvalue weighted by molar-refractivity contribution is 0.0453. The van der Waals surface area contributed by atoms with Crippen LogP contribution in [0.15, 0.2) is 29.3 Å². The van der Waals surface area contributed by atoms with E-state index in [0.717, 1.165) is 30.2 Å². The van der Waals surface area contributed by atoms with Gasteiger partial charge in [0, 0.05) is 13.2 Å². The van der Waals surface area contributed by atoms with E-state index in [0.29, 0.717) is 32.9 Å². The second-order valence-corrected chi connectivity index (χ2v) is 4.82. The average molecular weight is 445 g/mol. The van der Waals surface area contributed by atoms with Gasteiger partial charge in [-0.15, -0.1) is 30.4 Å². The van der Waals surface area contributed by atoms with Crippen molar-refractivity contribution in [3.05, 3.63) is 35.4 Å². The van der Waals surface area contributed by atoms with Crippen molar-refractivity contribution in [2.24, 2.45) is 4.99 Å². The fourth-order valence-corrected chi connectivity index (χ4v) is 1.92. The molecule has 0 aliphatic carbocycles. The van der Waals surface area contributed by atoms with Gasteiger partial charge in [0.2, 0.25) is 0 Å². The van der Waals surface area contributed by atoms with Gasteiger partial charge in [0.1, 0.15) is 0 Å². The van der Waals surface area contributed by atoms with Crippen LogP contribution >= 0.6 is 24.0 Å². The summed E-state index contributed by atoms with van der Waals surface area (Å²) in [5, 5.41) is 6.23. The molecule has 134 valence electrons. The van der Waals surface area contributed by atoms with Gasteiger partial charge in [-0.3, -0.25) is 0 Å². The van der Waals surface area contributed by atoms with Crippen molar-refractivity contribution in [1.29, 1.82) is 0 Å². The van der Waals surface area contributed by atoms with Crippen LogP contribution in [-0.4, -0.2) is 38.9 Å². The number of hydrogen-bond donors (Lipinski definition) is 2. The van der Waals surface area contributed by atoms with Crippen molar-refractivity contribution in [3.8, 4) is 12.3 Å². The van der Waals surface area contributed by atoms with E-state index >= 15 is 0 Å². The van der Waals surface area contributed by atoms with Gasteiger partial charge in [0.15, 0.2) is 5.96 Å². The van der Waals surface area contributed by atoms with E-state index in [1.165, 1.54) is 0 Å². The van der Waals surface area contributed by atoms with Crippen LogP contribution in [-0.2, 0) is 22.6 Å². The lowest BCUT2D eigenvalue weighted by Gasteiger charge is -2.09. The van der Waals surface area contributed by atoms with E-state index < -0.39 is 0 Å². The lowest BCUT2D eigenvalue weighted by Crippen LogP contribution is -2.37. The highest BCUT2D eigenvalue weighted by atomic mass is 127. The molecule has 0 radical (unpaired) electrons. The van der Waals surface area contributed by atoms with E-state index in [-0.39, 0.29) is 24.0 Å². The number of rotatable bonds is 10. The number of terminal acetylenes is 1. The molecule has 6 heteroatoms. The molecule has 0 saturated carbocycles. The van der Waals surface area contributed by atoms with Crippen molar-refractivity contribution in [2.75, 3.05) is 32.9 Å². The van der Waals surface area contributed by atoms with Gasteiger partial charge in [-0.1, -0.05) is 30.2 Å². The van der Waals surface area contributed by atoms with Gasteiger partial charge in [-0.2, -0.15) is 0 Å².